The number of esters is 1. The molecule has 0 saturated carbocycles. The van der Waals surface area contributed by atoms with Crippen molar-refractivity contribution in [3.63, 3.8) is 0 Å². The number of carbonyl (C=O) groups is 1. The first-order chi connectivity index (χ1) is 16.2. The highest BCUT2D eigenvalue weighted by molar-refractivity contribution is 7.90. The minimum absolute atomic E-state index is 0.195. The van der Waals surface area contributed by atoms with Gasteiger partial charge in [-0.15, -0.1) is 0 Å². The van der Waals surface area contributed by atoms with Gasteiger partial charge in [-0.25, -0.2) is 17.2 Å². The Kier molecular flexibility index (Phi) is 5.09. The van der Waals surface area contributed by atoms with Crippen LogP contribution in [0.3, 0.4) is 0 Å². The highest BCUT2D eigenvalue weighted by atomic mass is 32.2. The van der Waals surface area contributed by atoms with E-state index < -0.39 is 27.1 Å². The highest BCUT2D eigenvalue weighted by Gasteiger charge is 2.28. The molecule has 8 nitrogen and oxygen atoms in total. The van der Waals surface area contributed by atoms with Gasteiger partial charge in [0.25, 0.3) is 15.6 Å². The maximum atomic E-state index is 13.3. The molecule has 0 bridgehead atoms. The minimum Gasteiger partial charge on any atom is -0.506 e. The molecule has 0 radical (unpaired) electrons. The average molecular weight is 479 g/mol. The molecule has 1 aliphatic rings. The van der Waals surface area contributed by atoms with Gasteiger partial charge in [-0.3, -0.25) is 4.79 Å². The maximum Gasteiger partial charge on any atom is 0.347 e. The summed E-state index contributed by atoms with van der Waals surface area (Å²) < 4.78 is 32.5. The van der Waals surface area contributed by atoms with Crippen molar-refractivity contribution >= 4 is 26.9 Å². The molecule has 0 atom stereocenters. The van der Waals surface area contributed by atoms with Crippen LogP contribution < -0.4 is 5.56 Å². The lowest BCUT2D eigenvalue weighted by Gasteiger charge is -2.14. The van der Waals surface area contributed by atoms with E-state index in [-0.39, 0.29) is 10.6 Å². The summed E-state index contributed by atoms with van der Waals surface area (Å²) in [6, 6.07) is 11.9. The number of nitrogens with zero attached hydrogens (tertiary/aromatic N) is 1. The molecule has 2 heterocycles. The number of ether oxygens (including phenoxy) is 1. The summed E-state index contributed by atoms with van der Waals surface area (Å²) in [5.41, 5.74) is 2.79. The summed E-state index contributed by atoms with van der Waals surface area (Å²) >= 11 is 0. The Morgan fingerprint density at radius 1 is 1.06 bits per heavy atom. The second-order valence-corrected chi connectivity index (χ2v) is 10.1. The molecule has 0 spiro atoms. The Morgan fingerprint density at radius 3 is 2.47 bits per heavy atom. The van der Waals surface area contributed by atoms with Crippen molar-refractivity contribution < 1.29 is 23.1 Å². The lowest BCUT2D eigenvalue weighted by atomic mass is 9.97. The van der Waals surface area contributed by atoms with E-state index in [9.17, 15) is 23.1 Å². The zero-order valence-electron chi connectivity index (χ0n) is 18.6. The van der Waals surface area contributed by atoms with Gasteiger partial charge in [0, 0.05) is 22.7 Å². The third kappa shape index (κ3) is 3.23. The number of pyridine rings is 1. The van der Waals surface area contributed by atoms with Gasteiger partial charge in [0.05, 0.1) is 23.2 Å². The molecule has 4 aromatic rings. The maximum absolute atomic E-state index is 13.3. The van der Waals surface area contributed by atoms with Crippen LogP contribution >= 0.6 is 0 Å². The molecule has 0 unspecified atom stereocenters. The summed E-state index contributed by atoms with van der Waals surface area (Å²) in [4.78, 5) is 27.6. The monoisotopic (exact) mass is 478 g/mol. The molecule has 0 amide bonds. The number of benzene rings is 2. The Balaban J connectivity index is 1.71. The minimum atomic E-state index is -3.80. The predicted molar refractivity (Wildman–Crippen MR) is 127 cm³/mol. The number of hydrogen-bond donors (Lipinski definition) is 2. The number of rotatable bonds is 3. The van der Waals surface area contributed by atoms with E-state index in [1.165, 1.54) is 10.2 Å². The summed E-state index contributed by atoms with van der Waals surface area (Å²) in [5.74, 6) is -1.28. The molecule has 1 aliphatic carbocycles. The number of H-pyrrole nitrogens is 1. The van der Waals surface area contributed by atoms with Crippen LogP contribution in [0.4, 0.5) is 0 Å². The number of aromatic hydroxyl groups is 1. The van der Waals surface area contributed by atoms with E-state index >= 15 is 0 Å². The van der Waals surface area contributed by atoms with Gasteiger partial charge in [0.1, 0.15) is 5.75 Å². The normalized spacial score (nSPS) is 13.2. The number of methoxy groups -OCH3 is 1. The van der Waals surface area contributed by atoms with Crippen LogP contribution in [-0.4, -0.2) is 35.6 Å². The average Bonchev–Trinajstić information content (AvgIpc) is 3.17. The number of aryl methyl sites for hydroxylation is 2. The van der Waals surface area contributed by atoms with Crippen molar-refractivity contribution in [3.05, 3.63) is 81.3 Å². The molecule has 2 aromatic heterocycles. The molecule has 0 fully saturated rings. The van der Waals surface area contributed by atoms with Gasteiger partial charge < -0.3 is 14.8 Å². The number of aromatic nitrogens is 2. The van der Waals surface area contributed by atoms with Crippen molar-refractivity contribution in [2.45, 2.75) is 31.1 Å². The first-order valence-electron chi connectivity index (χ1n) is 10.8. The molecular formula is C25H22N2O6S. The van der Waals surface area contributed by atoms with Crippen LogP contribution in [0.5, 0.6) is 5.75 Å². The molecule has 2 aromatic carbocycles. The largest absolute Gasteiger partial charge is 0.506 e. The van der Waals surface area contributed by atoms with Crippen LogP contribution in [0.25, 0.3) is 22.2 Å². The highest BCUT2D eigenvalue weighted by Crippen LogP contribution is 2.39. The van der Waals surface area contributed by atoms with Crippen LogP contribution in [0.2, 0.25) is 0 Å². The predicted octanol–water partition coefficient (Wildman–Crippen LogP) is 3.52. The number of nitrogens with one attached hydrogen (secondary N) is 1. The van der Waals surface area contributed by atoms with Gasteiger partial charge >= 0.3 is 5.97 Å². The van der Waals surface area contributed by atoms with Gasteiger partial charge in [-0.2, -0.15) is 0 Å². The number of fused-ring (bicyclic) bond motifs is 5. The summed E-state index contributed by atoms with van der Waals surface area (Å²) in [6.45, 7) is 1.89. The van der Waals surface area contributed by atoms with E-state index in [2.05, 4.69) is 9.72 Å². The smallest absolute Gasteiger partial charge is 0.347 e. The van der Waals surface area contributed by atoms with Crippen molar-refractivity contribution in [1.82, 2.24) is 8.96 Å². The fourth-order valence-corrected chi connectivity index (χ4v) is 5.97. The quantitative estimate of drug-likeness (QED) is 0.435. The van der Waals surface area contributed by atoms with E-state index in [4.69, 9.17) is 0 Å². The molecule has 34 heavy (non-hydrogen) atoms. The SMILES string of the molecule is COC(=O)c1c(O)c2c([nH]c1=O)-c1ccc3c(ccn3S(=O)(=O)c3ccc(C)cc3)c1CCC2. The first kappa shape index (κ1) is 22.0. The van der Waals surface area contributed by atoms with Crippen LogP contribution in [0.15, 0.2) is 58.4 Å². The molecule has 0 saturated heterocycles. The zero-order chi connectivity index (χ0) is 24.2. The summed E-state index contributed by atoms with van der Waals surface area (Å²) in [7, 11) is -2.65. The van der Waals surface area contributed by atoms with Gasteiger partial charge in [-0.05, 0) is 56.0 Å². The van der Waals surface area contributed by atoms with Crippen LogP contribution in [0, 0.1) is 6.92 Å². The fourth-order valence-electron chi connectivity index (χ4n) is 4.62. The van der Waals surface area contributed by atoms with E-state index in [0.29, 0.717) is 41.6 Å². The van der Waals surface area contributed by atoms with Crippen molar-refractivity contribution in [2.24, 2.45) is 0 Å². The third-order valence-corrected chi connectivity index (χ3v) is 8.03. The second kappa shape index (κ2) is 7.88. The number of carbonyl (C=O) groups excluding carboxylic acids is 1. The van der Waals surface area contributed by atoms with E-state index in [0.717, 1.165) is 23.6 Å². The zero-order valence-corrected chi connectivity index (χ0v) is 19.4. The second-order valence-electron chi connectivity index (χ2n) is 8.33. The fraction of sp³-hybridized carbons (Fsp3) is 0.200. The Morgan fingerprint density at radius 2 is 1.76 bits per heavy atom. The lowest BCUT2D eigenvalue weighted by Crippen LogP contribution is -2.21. The van der Waals surface area contributed by atoms with Gasteiger partial charge in [0.15, 0.2) is 5.56 Å². The topological polar surface area (TPSA) is 118 Å². The number of hydrogen-bond acceptors (Lipinski definition) is 6. The lowest BCUT2D eigenvalue weighted by molar-refractivity contribution is 0.0595. The number of aromatic amines is 1. The van der Waals surface area contributed by atoms with Crippen molar-refractivity contribution in [3.8, 4) is 17.0 Å². The van der Waals surface area contributed by atoms with Crippen molar-refractivity contribution in [1.29, 1.82) is 0 Å². The Hall–Kier alpha value is -3.85. The Labute approximate surface area is 195 Å². The summed E-state index contributed by atoms with van der Waals surface area (Å²) in [6.07, 6.45) is 3.20. The Bertz CT molecular complexity index is 1630. The third-order valence-electron chi connectivity index (χ3n) is 6.33. The van der Waals surface area contributed by atoms with Crippen molar-refractivity contribution in [2.75, 3.05) is 7.11 Å². The van der Waals surface area contributed by atoms with Gasteiger partial charge in [-0.1, -0.05) is 23.8 Å². The molecule has 174 valence electrons. The molecule has 2 N–H and O–H groups in total. The first-order valence-corrected chi connectivity index (χ1v) is 12.2. The molecule has 0 aliphatic heterocycles. The van der Waals surface area contributed by atoms with E-state index in [1.807, 2.05) is 6.92 Å². The van der Waals surface area contributed by atoms with E-state index in [1.54, 1.807) is 42.5 Å². The van der Waals surface area contributed by atoms with Gasteiger partial charge in [0.2, 0.25) is 0 Å². The van der Waals surface area contributed by atoms with Crippen LogP contribution in [0.1, 0.15) is 33.5 Å². The summed E-state index contributed by atoms with van der Waals surface area (Å²) in [5, 5.41) is 11.5. The molecular weight excluding hydrogens is 456 g/mol. The molecule has 9 heteroatoms. The molecule has 5 rings (SSSR count). The van der Waals surface area contributed by atoms with Crippen LogP contribution in [-0.2, 0) is 27.6 Å². The standard InChI is InChI=1S/C25H22N2O6S/c1-14-6-8-15(9-7-14)34(31,32)27-13-12-17-16-4-3-5-19-22(18(16)10-11-20(17)27)26-24(29)21(23(19)28)25(30)33-2/h6-13H,3-5H2,1-2H3,(H2,26,28,29).